The van der Waals surface area contributed by atoms with E-state index in [1.807, 2.05) is 29.5 Å². The zero-order chi connectivity index (χ0) is 30.2. The molecule has 5 heteroatoms. The molecule has 5 aromatic carbocycles. The van der Waals surface area contributed by atoms with Crippen molar-refractivity contribution in [3.8, 4) is 22.4 Å². The van der Waals surface area contributed by atoms with Gasteiger partial charge in [-0.15, -0.1) is 0 Å². The first-order chi connectivity index (χ1) is 22.8. The van der Waals surface area contributed by atoms with Crippen molar-refractivity contribution in [1.82, 2.24) is 10.1 Å². The van der Waals surface area contributed by atoms with Crippen molar-refractivity contribution in [2.75, 3.05) is 10.4 Å². The van der Waals surface area contributed by atoms with Crippen molar-refractivity contribution in [3.63, 3.8) is 0 Å². The largest absolute Gasteiger partial charge is 0.455 e. The van der Waals surface area contributed by atoms with Gasteiger partial charge >= 0.3 is 0 Å². The Morgan fingerprint density at radius 2 is 1.57 bits per heavy atom. The molecule has 0 radical (unpaired) electrons. The number of hydrogen-bond donors (Lipinski definition) is 1. The first-order valence-corrected chi connectivity index (χ1v) is 15.8. The SMILES string of the molecule is C1=CN2Nc3c(c(-c4ccc(-c5cc6ccccc6c6c5oc5ccc7c(c56)C/C=C\C/C=C\7)cc4)nc4ccccc34)N2C=C1. The van der Waals surface area contributed by atoms with Crippen LogP contribution in [-0.2, 0) is 6.42 Å². The minimum atomic E-state index is 0.885. The molecule has 0 saturated carbocycles. The van der Waals surface area contributed by atoms with Crippen molar-refractivity contribution < 1.29 is 4.42 Å². The molecule has 5 nitrogen and oxygen atoms in total. The van der Waals surface area contributed by atoms with Gasteiger partial charge in [-0.2, -0.15) is 5.12 Å². The first kappa shape index (κ1) is 25.3. The van der Waals surface area contributed by atoms with Crippen molar-refractivity contribution in [1.29, 1.82) is 0 Å². The van der Waals surface area contributed by atoms with Gasteiger partial charge in [-0.3, -0.25) is 5.43 Å². The summed E-state index contributed by atoms with van der Waals surface area (Å²) in [4.78, 5) is 5.19. The summed E-state index contributed by atoms with van der Waals surface area (Å²) in [6.45, 7) is 0. The van der Waals surface area contributed by atoms with E-state index in [4.69, 9.17) is 9.40 Å². The lowest BCUT2D eigenvalue weighted by molar-refractivity contribution is 0.473. The van der Waals surface area contributed by atoms with Gasteiger partial charge in [0.1, 0.15) is 16.9 Å². The van der Waals surface area contributed by atoms with Crippen molar-refractivity contribution in [2.45, 2.75) is 12.8 Å². The number of hydrogen-bond acceptors (Lipinski definition) is 5. The number of nitrogens with zero attached hydrogens (tertiary/aromatic N) is 3. The number of hydrazine groups is 2. The van der Waals surface area contributed by atoms with E-state index >= 15 is 0 Å². The minimum Gasteiger partial charge on any atom is -0.455 e. The Morgan fingerprint density at radius 1 is 0.739 bits per heavy atom. The Balaban J connectivity index is 1.17. The molecule has 46 heavy (non-hydrogen) atoms. The second-order valence-electron chi connectivity index (χ2n) is 12.0. The summed E-state index contributed by atoms with van der Waals surface area (Å²) in [5, 5.41) is 10.0. The number of anilines is 2. The maximum absolute atomic E-state index is 6.77. The number of rotatable bonds is 2. The molecule has 3 aliphatic rings. The molecule has 0 unspecified atom stereocenters. The summed E-state index contributed by atoms with van der Waals surface area (Å²) in [5.41, 5.74) is 15.3. The summed E-state index contributed by atoms with van der Waals surface area (Å²) in [5.74, 6) is 0. The quantitative estimate of drug-likeness (QED) is 0.202. The van der Waals surface area contributed by atoms with E-state index in [0.29, 0.717) is 0 Å². The minimum absolute atomic E-state index is 0.885. The van der Waals surface area contributed by atoms with Gasteiger partial charge in [0.15, 0.2) is 0 Å². The van der Waals surface area contributed by atoms with Gasteiger partial charge in [0.05, 0.1) is 16.9 Å². The third kappa shape index (κ3) is 3.66. The molecule has 7 aromatic rings. The Labute approximate surface area is 265 Å². The van der Waals surface area contributed by atoms with Gasteiger partial charge < -0.3 is 4.42 Å². The van der Waals surface area contributed by atoms with Gasteiger partial charge in [0, 0.05) is 39.7 Å². The summed E-state index contributed by atoms with van der Waals surface area (Å²) in [6.07, 6.45) is 19.0. The number of aromatic nitrogens is 1. The van der Waals surface area contributed by atoms with Crippen LogP contribution in [0.5, 0.6) is 0 Å². The van der Waals surface area contributed by atoms with E-state index in [2.05, 4.69) is 126 Å². The lowest BCUT2D eigenvalue weighted by Gasteiger charge is -2.27. The van der Waals surface area contributed by atoms with Crippen LogP contribution >= 0.6 is 0 Å². The van der Waals surface area contributed by atoms with Crippen LogP contribution in [0.3, 0.4) is 0 Å². The van der Waals surface area contributed by atoms with Crippen molar-refractivity contribution in [3.05, 3.63) is 145 Å². The maximum Gasteiger partial charge on any atom is 0.143 e. The Hall–Kier alpha value is -6.07. The van der Waals surface area contributed by atoms with Crippen LogP contribution in [-0.4, -0.2) is 10.1 Å². The van der Waals surface area contributed by atoms with Gasteiger partial charge in [-0.05, 0) is 70.7 Å². The summed E-state index contributed by atoms with van der Waals surface area (Å²) in [7, 11) is 0. The van der Waals surface area contributed by atoms with Crippen LogP contribution in [0.25, 0.3) is 72.1 Å². The van der Waals surface area contributed by atoms with Gasteiger partial charge in [0.2, 0.25) is 0 Å². The predicted octanol–water partition coefficient (Wildman–Crippen LogP) is 10.5. The third-order valence-electron chi connectivity index (χ3n) is 9.42. The highest BCUT2D eigenvalue weighted by Crippen LogP contribution is 2.47. The molecule has 0 saturated heterocycles. The van der Waals surface area contributed by atoms with Crippen LogP contribution < -0.4 is 10.4 Å². The Kier molecular flexibility index (Phi) is 5.34. The normalized spacial score (nSPS) is 16.3. The Bertz CT molecular complexity index is 2520. The molecular formula is C41H28N4O. The number of nitrogens with one attached hydrogen (secondary N) is 1. The summed E-state index contributed by atoms with van der Waals surface area (Å²) >= 11 is 0. The number of furan rings is 1. The molecule has 2 aliphatic heterocycles. The third-order valence-corrected chi connectivity index (χ3v) is 9.42. The van der Waals surface area contributed by atoms with E-state index in [1.165, 1.54) is 32.7 Å². The fourth-order valence-electron chi connectivity index (χ4n) is 7.30. The highest BCUT2D eigenvalue weighted by Gasteiger charge is 2.31. The van der Waals surface area contributed by atoms with Gasteiger partial charge in [-0.1, -0.05) is 97.1 Å². The maximum atomic E-state index is 6.77. The molecule has 1 aliphatic carbocycles. The zero-order valence-corrected chi connectivity index (χ0v) is 24.9. The molecule has 0 spiro atoms. The lowest BCUT2D eigenvalue weighted by Crippen LogP contribution is -2.34. The molecule has 0 atom stereocenters. The molecule has 1 N–H and O–H groups in total. The van der Waals surface area contributed by atoms with Crippen LogP contribution in [0.15, 0.2) is 138 Å². The van der Waals surface area contributed by atoms with E-state index < -0.39 is 0 Å². The van der Waals surface area contributed by atoms with E-state index in [0.717, 1.165) is 68.7 Å². The molecular weight excluding hydrogens is 564 g/mol. The molecule has 218 valence electrons. The number of pyridine rings is 1. The fourth-order valence-corrected chi connectivity index (χ4v) is 7.30. The Morgan fingerprint density at radius 3 is 2.50 bits per heavy atom. The zero-order valence-electron chi connectivity index (χ0n) is 24.9. The number of benzene rings is 5. The number of fused-ring (bicyclic) bond motifs is 12. The van der Waals surface area contributed by atoms with Crippen LogP contribution in [0.4, 0.5) is 11.4 Å². The van der Waals surface area contributed by atoms with E-state index in [-0.39, 0.29) is 0 Å². The van der Waals surface area contributed by atoms with Crippen molar-refractivity contribution in [2.24, 2.45) is 0 Å². The molecule has 0 fully saturated rings. The van der Waals surface area contributed by atoms with Gasteiger partial charge in [-0.25, -0.2) is 9.99 Å². The lowest BCUT2D eigenvalue weighted by atomic mass is 9.91. The molecule has 4 heterocycles. The van der Waals surface area contributed by atoms with E-state index in [9.17, 15) is 0 Å². The van der Waals surface area contributed by atoms with Gasteiger partial charge in [0.25, 0.3) is 0 Å². The van der Waals surface area contributed by atoms with Crippen LogP contribution in [0.2, 0.25) is 0 Å². The fraction of sp³-hybridized carbons (Fsp3) is 0.0488. The summed E-state index contributed by atoms with van der Waals surface area (Å²) < 4.78 is 6.77. The highest BCUT2D eigenvalue weighted by atomic mass is 16.3. The standard InChI is InChI=1S/C41H28N4O/c1-2-4-13-30-26(11-3-1)21-22-35-36(30)37-31-14-6-5-12-29(31)25-33(41(37)46-35)27-17-19-28(20-18-27)38-40-39(32-15-7-8-16-34(32)42-38)43-45-24-10-9-23-44(40)45/h2-12,14-25,43H,1,13H2/b4-2-,11-3-. The highest BCUT2D eigenvalue weighted by molar-refractivity contribution is 6.23. The first-order valence-electron chi connectivity index (χ1n) is 15.8. The molecule has 0 bridgehead atoms. The molecule has 2 aromatic heterocycles. The summed E-state index contributed by atoms with van der Waals surface area (Å²) in [6, 6.07) is 32.4. The second-order valence-corrected chi connectivity index (χ2v) is 12.0. The number of para-hydroxylation sites is 1. The van der Waals surface area contributed by atoms with E-state index in [1.54, 1.807) is 0 Å². The average molecular weight is 593 g/mol. The smallest absolute Gasteiger partial charge is 0.143 e. The van der Waals surface area contributed by atoms with Crippen LogP contribution in [0.1, 0.15) is 17.5 Å². The molecule has 10 rings (SSSR count). The topological polar surface area (TPSA) is 44.5 Å². The second kappa shape index (κ2) is 9.71. The average Bonchev–Trinajstić information content (AvgIpc) is 3.68. The van der Waals surface area contributed by atoms with Crippen molar-refractivity contribution >= 4 is 61.1 Å². The number of allylic oxidation sites excluding steroid dienone is 5. The molecule has 0 amide bonds. The monoisotopic (exact) mass is 592 g/mol. The predicted molar refractivity (Wildman–Crippen MR) is 190 cm³/mol. The van der Waals surface area contributed by atoms with Crippen LogP contribution in [0, 0.1) is 0 Å².